The number of nitro groups is 1. The normalized spacial score (nSPS) is 19.9. The molecule has 1 N–H and O–H groups in total. The molecule has 2 aliphatic heterocycles. The average molecular weight is 412 g/mol. The van der Waals surface area contributed by atoms with Gasteiger partial charge in [-0.15, -0.1) is 0 Å². The number of nitrogens with zero attached hydrogens (tertiary/aromatic N) is 5. The molecule has 30 heavy (non-hydrogen) atoms. The van der Waals surface area contributed by atoms with Gasteiger partial charge >= 0.3 is 0 Å². The van der Waals surface area contributed by atoms with Crippen LogP contribution < -0.4 is 10.2 Å². The number of rotatable bonds is 5. The van der Waals surface area contributed by atoms with Crippen LogP contribution in [0.4, 0.5) is 21.5 Å². The topological polar surface area (TPSA) is 138 Å². The van der Waals surface area contributed by atoms with Gasteiger partial charge in [-0.3, -0.25) is 29.5 Å². The number of anilines is 2. The third kappa shape index (κ3) is 3.34. The molecule has 3 amide bonds. The molecule has 1 fully saturated rings. The van der Waals surface area contributed by atoms with Crippen molar-refractivity contribution in [2.45, 2.75) is 12.1 Å². The van der Waals surface area contributed by atoms with Gasteiger partial charge in [-0.2, -0.15) is 5.11 Å². The Morgan fingerprint density at radius 2 is 1.90 bits per heavy atom. The number of nitrogens with one attached hydrogen (secondary N) is 1. The Hall–Kier alpha value is -4.22. The molecule has 2 atom stereocenters. The third-order valence-electron chi connectivity index (χ3n) is 4.59. The zero-order valence-corrected chi connectivity index (χ0v) is 15.1. The van der Waals surface area contributed by atoms with Gasteiger partial charge in [-0.25, -0.2) is 9.29 Å². The van der Waals surface area contributed by atoms with Crippen molar-refractivity contribution >= 4 is 34.8 Å². The van der Waals surface area contributed by atoms with E-state index < -0.39 is 40.5 Å². The smallest absolute Gasteiger partial charge is 0.269 e. The molecule has 12 heteroatoms. The third-order valence-corrected chi connectivity index (χ3v) is 4.59. The van der Waals surface area contributed by atoms with Crippen LogP contribution in [0.5, 0.6) is 0 Å². The van der Waals surface area contributed by atoms with E-state index in [1.807, 2.05) is 0 Å². The Balaban J connectivity index is 1.48. The molecule has 2 aliphatic rings. The van der Waals surface area contributed by atoms with Crippen molar-refractivity contribution in [2.24, 2.45) is 10.3 Å². The van der Waals surface area contributed by atoms with Crippen LogP contribution in [0.25, 0.3) is 0 Å². The molecule has 2 aromatic rings. The minimum atomic E-state index is -1.12. The largest absolute Gasteiger partial charge is 0.324 e. The van der Waals surface area contributed by atoms with E-state index in [0.717, 1.165) is 16.0 Å². The number of imide groups is 1. The van der Waals surface area contributed by atoms with Gasteiger partial charge in [0.2, 0.25) is 5.91 Å². The maximum absolute atomic E-state index is 13.2. The van der Waals surface area contributed by atoms with Crippen LogP contribution in [0.15, 0.2) is 58.9 Å². The summed E-state index contributed by atoms with van der Waals surface area (Å²) in [6, 6.07) is 7.98. The lowest BCUT2D eigenvalue weighted by atomic mass is 10.1. The molecule has 0 bridgehead atoms. The summed E-state index contributed by atoms with van der Waals surface area (Å²) in [5.74, 6) is -2.39. The number of hydrogen-bond donors (Lipinski definition) is 1. The molecule has 152 valence electrons. The van der Waals surface area contributed by atoms with Crippen molar-refractivity contribution in [3.8, 4) is 0 Å². The maximum atomic E-state index is 13.2. The molecule has 0 aromatic heterocycles. The first-order valence-electron chi connectivity index (χ1n) is 8.70. The second kappa shape index (κ2) is 7.31. The lowest BCUT2D eigenvalue weighted by Gasteiger charge is -2.20. The molecule has 1 saturated heterocycles. The van der Waals surface area contributed by atoms with E-state index in [2.05, 4.69) is 15.7 Å². The average Bonchev–Trinajstić information content (AvgIpc) is 3.21. The van der Waals surface area contributed by atoms with Gasteiger partial charge in [-0.05, 0) is 30.3 Å². The predicted molar refractivity (Wildman–Crippen MR) is 99.8 cm³/mol. The minimum absolute atomic E-state index is 0.157. The molecular formula is C18H13FN6O5. The number of hydrogen-bond acceptors (Lipinski definition) is 8. The summed E-state index contributed by atoms with van der Waals surface area (Å²) in [6.07, 6.45) is 0. The fourth-order valence-corrected chi connectivity index (χ4v) is 3.25. The first kappa shape index (κ1) is 19.1. The molecule has 0 aliphatic carbocycles. The van der Waals surface area contributed by atoms with Gasteiger partial charge in [-0.1, -0.05) is 11.3 Å². The minimum Gasteiger partial charge on any atom is -0.324 e. The first-order chi connectivity index (χ1) is 14.3. The SMILES string of the molecule is O=C(CN1N=N[C@@H]2C(=O)N(c3ccc([N+](=O)[O-])cc3)C(=O)[C@@H]21)Nc1cccc(F)c1. The van der Waals surface area contributed by atoms with Crippen LogP contribution in [0, 0.1) is 15.9 Å². The van der Waals surface area contributed by atoms with Gasteiger partial charge in [0.1, 0.15) is 12.4 Å². The van der Waals surface area contributed by atoms with Crippen molar-refractivity contribution in [2.75, 3.05) is 16.8 Å². The molecule has 0 radical (unpaired) electrons. The Kier molecular flexibility index (Phi) is 4.66. The van der Waals surface area contributed by atoms with Crippen LogP contribution in [0.2, 0.25) is 0 Å². The highest BCUT2D eigenvalue weighted by Gasteiger charge is 2.55. The standard InChI is InChI=1S/C18H13FN6O5/c19-10-2-1-3-11(8-10)20-14(26)9-23-16-15(21-22-23)17(27)24(18(16)28)12-4-6-13(7-5-12)25(29)30/h1-8,15-16H,9H2,(H,20,26)/t15-,16+/m0/s1. The lowest BCUT2D eigenvalue weighted by molar-refractivity contribution is -0.384. The number of halogens is 1. The van der Waals surface area contributed by atoms with Crippen molar-refractivity contribution in [1.29, 1.82) is 0 Å². The van der Waals surface area contributed by atoms with E-state index in [-0.39, 0.29) is 23.6 Å². The van der Waals surface area contributed by atoms with Crippen molar-refractivity contribution in [3.05, 3.63) is 64.5 Å². The number of fused-ring (bicyclic) bond motifs is 1. The van der Waals surface area contributed by atoms with Crippen LogP contribution in [-0.2, 0) is 14.4 Å². The van der Waals surface area contributed by atoms with E-state index in [9.17, 15) is 28.9 Å². The monoisotopic (exact) mass is 412 g/mol. The van der Waals surface area contributed by atoms with Gasteiger partial charge in [0, 0.05) is 17.8 Å². The zero-order valence-electron chi connectivity index (χ0n) is 15.1. The lowest BCUT2D eigenvalue weighted by Crippen LogP contribution is -2.43. The number of carbonyl (C=O) groups is 3. The summed E-state index contributed by atoms with van der Waals surface area (Å²) in [7, 11) is 0. The van der Waals surface area contributed by atoms with Crippen molar-refractivity contribution < 1.29 is 23.7 Å². The Morgan fingerprint density at radius 3 is 2.57 bits per heavy atom. The van der Waals surface area contributed by atoms with Crippen LogP contribution in [0.1, 0.15) is 0 Å². The molecular weight excluding hydrogens is 399 g/mol. The molecule has 2 heterocycles. The number of nitro benzene ring substituents is 1. The van der Waals surface area contributed by atoms with Crippen molar-refractivity contribution in [3.63, 3.8) is 0 Å². The van der Waals surface area contributed by atoms with Crippen LogP contribution >= 0.6 is 0 Å². The Morgan fingerprint density at radius 1 is 1.17 bits per heavy atom. The van der Waals surface area contributed by atoms with Gasteiger partial charge in [0.15, 0.2) is 12.1 Å². The summed E-state index contributed by atoms with van der Waals surface area (Å²) in [4.78, 5) is 48.8. The maximum Gasteiger partial charge on any atom is 0.269 e. The summed E-state index contributed by atoms with van der Waals surface area (Å²) >= 11 is 0. The van der Waals surface area contributed by atoms with Gasteiger partial charge in [0.25, 0.3) is 17.5 Å². The number of carbonyl (C=O) groups excluding carboxylic acids is 3. The molecule has 0 unspecified atom stereocenters. The van der Waals surface area contributed by atoms with E-state index in [1.165, 1.54) is 42.5 Å². The van der Waals surface area contributed by atoms with E-state index >= 15 is 0 Å². The Labute approximate surface area is 167 Å². The summed E-state index contributed by atoms with van der Waals surface area (Å²) < 4.78 is 13.2. The number of benzene rings is 2. The van der Waals surface area contributed by atoms with E-state index in [4.69, 9.17) is 0 Å². The summed E-state index contributed by atoms with van der Waals surface area (Å²) in [5.41, 5.74) is 0.201. The fraction of sp³-hybridized carbons (Fsp3) is 0.167. The van der Waals surface area contributed by atoms with Crippen LogP contribution in [-0.4, -0.2) is 46.3 Å². The summed E-state index contributed by atoms with van der Waals surface area (Å²) in [6.45, 7) is -0.381. The van der Waals surface area contributed by atoms with Crippen molar-refractivity contribution in [1.82, 2.24) is 5.01 Å². The second-order valence-electron chi connectivity index (χ2n) is 6.54. The highest BCUT2D eigenvalue weighted by atomic mass is 19.1. The van der Waals surface area contributed by atoms with E-state index in [0.29, 0.717) is 0 Å². The molecule has 11 nitrogen and oxygen atoms in total. The van der Waals surface area contributed by atoms with E-state index in [1.54, 1.807) is 0 Å². The zero-order chi connectivity index (χ0) is 21.4. The summed E-state index contributed by atoms with van der Waals surface area (Å²) in [5, 5.41) is 21.9. The molecule has 2 aromatic carbocycles. The number of non-ortho nitro benzene ring substituents is 1. The molecule has 0 spiro atoms. The first-order valence-corrected chi connectivity index (χ1v) is 8.70. The number of amides is 3. The molecule has 4 rings (SSSR count). The second-order valence-corrected chi connectivity index (χ2v) is 6.54. The quantitative estimate of drug-likeness (QED) is 0.450. The highest BCUT2D eigenvalue weighted by molar-refractivity contribution is 6.25. The van der Waals surface area contributed by atoms with Crippen LogP contribution in [0.3, 0.4) is 0 Å². The Bertz CT molecular complexity index is 1090. The fourth-order valence-electron chi connectivity index (χ4n) is 3.25. The van der Waals surface area contributed by atoms with Gasteiger partial charge < -0.3 is 5.32 Å². The van der Waals surface area contributed by atoms with Gasteiger partial charge in [0.05, 0.1) is 10.6 Å². The predicted octanol–water partition coefficient (Wildman–Crippen LogP) is 1.67. The highest BCUT2D eigenvalue weighted by Crippen LogP contribution is 2.32. The molecule has 0 saturated carbocycles.